The third kappa shape index (κ3) is 5.70. The summed E-state index contributed by atoms with van der Waals surface area (Å²) in [7, 11) is -3.83. The first-order valence-electron chi connectivity index (χ1n) is 11.8. The quantitative estimate of drug-likeness (QED) is 0.547. The lowest BCUT2D eigenvalue weighted by atomic mass is 9.87. The molecule has 0 radical (unpaired) electrons. The molecule has 2 N–H and O–H groups in total. The molecule has 1 unspecified atom stereocenters. The Bertz CT molecular complexity index is 1380. The van der Waals surface area contributed by atoms with Gasteiger partial charge in [-0.2, -0.15) is 0 Å². The van der Waals surface area contributed by atoms with E-state index in [0.29, 0.717) is 23.2 Å². The molecule has 3 aromatic rings. The molecule has 0 aliphatic heterocycles. The first-order valence-corrected chi connectivity index (χ1v) is 13.3. The summed E-state index contributed by atoms with van der Waals surface area (Å²) in [6.07, 6.45) is 4.10. The van der Waals surface area contributed by atoms with Gasteiger partial charge in [-0.1, -0.05) is 39.0 Å². The van der Waals surface area contributed by atoms with Crippen LogP contribution in [0.1, 0.15) is 65.8 Å². The van der Waals surface area contributed by atoms with Gasteiger partial charge in [-0.05, 0) is 79.5 Å². The number of nitrogens with zero attached hydrogens (tertiary/aromatic N) is 2. The molecule has 4 rings (SSSR count). The normalized spacial score (nSPS) is 15.9. The Balaban J connectivity index is 1.49. The van der Waals surface area contributed by atoms with Gasteiger partial charge in [-0.3, -0.25) is 9.52 Å². The summed E-state index contributed by atoms with van der Waals surface area (Å²) in [5.74, 6) is 0.518. The smallest absolute Gasteiger partial charge is 0.262 e. The van der Waals surface area contributed by atoms with Crippen LogP contribution in [-0.2, 0) is 28.3 Å². The summed E-state index contributed by atoms with van der Waals surface area (Å²) in [5.41, 5.74) is 4.27. The molecule has 2 aromatic carbocycles. The van der Waals surface area contributed by atoms with Gasteiger partial charge in [0.05, 0.1) is 4.90 Å². The Morgan fingerprint density at radius 3 is 2.60 bits per heavy atom. The second-order valence-electron chi connectivity index (χ2n) is 10.2. The van der Waals surface area contributed by atoms with Crippen molar-refractivity contribution in [1.82, 2.24) is 15.3 Å². The molecule has 35 heavy (non-hydrogen) atoms. The number of amides is 1. The van der Waals surface area contributed by atoms with Gasteiger partial charge in [0.15, 0.2) is 0 Å². The number of nitrogens with one attached hydrogen (secondary N) is 2. The van der Waals surface area contributed by atoms with E-state index >= 15 is 0 Å². The highest BCUT2D eigenvalue weighted by Gasteiger charge is 2.24. The fourth-order valence-corrected chi connectivity index (χ4v) is 5.61. The maximum Gasteiger partial charge on any atom is 0.262 e. The minimum absolute atomic E-state index is 0.0237. The Morgan fingerprint density at radius 1 is 1.09 bits per heavy atom. The summed E-state index contributed by atoms with van der Waals surface area (Å²) in [4.78, 5) is 22.0. The van der Waals surface area contributed by atoms with E-state index in [1.165, 1.54) is 0 Å². The van der Waals surface area contributed by atoms with Crippen LogP contribution < -0.4 is 10.0 Å². The summed E-state index contributed by atoms with van der Waals surface area (Å²) in [6.45, 7) is 9.78. The first-order chi connectivity index (χ1) is 16.4. The van der Waals surface area contributed by atoms with Crippen LogP contribution in [0.2, 0.25) is 0 Å². The topological polar surface area (TPSA) is 101 Å². The number of hydrogen-bond donors (Lipinski definition) is 2. The molecule has 0 fully saturated rings. The van der Waals surface area contributed by atoms with Crippen molar-refractivity contribution in [2.24, 2.45) is 0 Å². The van der Waals surface area contributed by atoms with Gasteiger partial charge in [0.1, 0.15) is 5.82 Å². The van der Waals surface area contributed by atoms with Crippen LogP contribution in [0.3, 0.4) is 0 Å². The Kier molecular flexibility index (Phi) is 6.68. The fourth-order valence-electron chi connectivity index (χ4n) is 4.29. The second-order valence-corrected chi connectivity index (χ2v) is 11.9. The lowest BCUT2D eigenvalue weighted by Crippen LogP contribution is -2.39. The van der Waals surface area contributed by atoms with E-state index in [4.69, 9.17) is 0 Å². The van der Waals surface area contributed by atoms with Crippen molar-refractivity contribution < 1.29 is 13.2 Å². The minimum Gasteiger partial charge on any atom is -0.349 e. The van der Waals surface area contributed by atoms with Crippen molar-refractivity contribution in [2.45, 2.75) is 70.2 Å². The first kappa shape index (κ1) is 24.9. The largest absolute Gasteiger partial charge is 0.349 e. The van der Waals surface area contributed by atoms with Crippen LogP contribution in [0, 0.1) is 13.8 Å². The predicted molar refractivity (Wildman–Crippen MR) is 137 cm³/mol. The molecule has 0 spiro atoms. The molecule has 8 heteroatoms. The van der Waals surface area contributed by atoms with Crippen LogP contribution in [0.15, 0.2) is 53.6 Å². The number of rotatable bonds is 5. The van der Waals surface area contributed by atoms with E-state index in [-0.39, 0.29) is 22.3 Å². The zero-order chi connectivity index (χ0) is 25.4. The summed E-state index contributed by atoms with van der Waals surface area (Å²) in [6, 6.07) is 12.1. The lowest BCUT2D eigenvalue weighted by molar-refractivity contribution is 0.0933. The highest BCUT2D eigenvalue weighted by atomic mass is 32.2. The number of carbonyl (C=O) groups is 1. The van der Waals surface area contributed by atoms with Gasteiger partial charge in [-0.25, -0.2) is 18.4 Å². The van der Waals surface area contributed by atoms with E-state index in [0.717, 1.165) is 35.5 Å². The fraction of sp³-hybridized carbons (Fsp3) is 0.370. The minimum atomic E-state index is -3.83. The van der Waals surface area contributed by atoms with Crippen LogP contribution in [-0.4, -0.2) is 30.3 Å². The van der Waals surface area contributed by atoms with Gasteiger partial charge in [0, 0.05) is 29.2 Å². The molecule has 1 amide bonds. The van der Waals surface area contributed by atoms with Crippen molar-refractivity contribution in [1.29, 1.82) is 0 Å². The maximum absolute atomic E-state index is 13.2. The summed E-state index contributed by atoms with van der Waals surface area (Å²) >= 11 is 0. The van der Waals surface area contributed by atoms with Gasteiger partial charge >= 0.3 is 0 Å². The van der Waals surface area contributed by atoms with E-state index in [1.807, 2.05) is 46.0 Å². The van der Waals surface area contributed by atoms with E-state index in [1.54, 1.807) is 37.3 Å². The predicted octanol–water partition coefficient (Wildman–Crippen LogP) is 4.48. The summed E-state index contributed by atoms with van der Waals surface area (Å²) in [5, 5.41) is 3.07. The van der Waals surface area contributed by atoms with Crippen molar-refractivity contribution >= 4 is 21.6 Å². The van der Waals surface area contributed by atoms with Gasteiger partial charge in [0.2, 0.25) is 0 Å². The van der Waals surface area contributed by atoms with Gasteiger partial charge in [-0.15, -0.1) is 0 Å². The van der Waals surface area contributed by atoms with Crippen LogP contribution in [0.4, 0.5) is 5.69 Å². The molecule has 0 saturated carbocycles. The second kappa shape index (κ2) is 9.41. The molecule has 1 heterocycles. The highest BCUT2D eigenvalue weighted by Crippen LogP contribution is 2.28. The van der Waals surface area contributed by atoms with Crippen LogP contribution in [0.25, 0.3) is 0 Å². The van der Waals surface area contributed by atoms with Crippen molar-refractivity contribution in [3.05, 3.63) is 82.4 Å². The zero-order valence-electron chi connectivity index (χ0n) is 20.8. The number of benzene rings is 2. The molecule has 0 saturated heterocycles. The van der Waals surface area contributed by atoms with Crippen molar-refractivity contribution in [2.75, 3.05) is 4.72 Å². The molecule has 0 bridgehead atoms. The van der Waals surface area contributed by atoms with Crippen molar-refractivity contribution in [3.63, 3.8) is 0 Å². The molecular formula is C27H32N4O3S. The molecule has 1 aromatic heterocycles. The van der Waals surface area contributed by atoms with Gasteiger partial charge in [0.25, 0.3) is 15.9 Å². The molecule has 1 aliphatic carbocycles. The molecule has 1 aliphatic rings. The third-order valence-electron chi connectivity index (χ3n) is 6.33. The highest BCUT2D eigenvalue weighted by molar-refractivity contribution is 7.92. The lowest BCUT2D eigenvalue weighted by Gasteiger charge is -2.24. The molecular weight excluding hydrogens is 460 g/mol. The van der Waals surface area contributed by atoms with Crippen LogP contribution >= 0.6 is 0 Å². The van der Waals surface area contributed by atoms with E-state index in [2.05, 4.69) is 20.0 Å². The van der Waals surface area contributed by atoms with E-state index in [9.17, 15) is 13.2 Å². The van der Waals surface area contributed by atoms with Gasteiger partial charge < -0.3 is 5.32 Å². The monoisotopic (exact) mass is 492 g/mol. The number of sulfonamides is 1. The standard InChI is InChI=1S/C27H32N4O3S/c1-17-9-10-21(27(3,4)5)15-25(17)35(33,34)31-23-8-6-7-19(13-23)26(32)30-22-11-12-24-20(14-22)16-28-18(2)29-24/h6-10,13,15-16,22,31H,11-12,14H2,1-5H3,(H,30,32). The third-order valence-corrected chi connectivity index (χ3v) is 7.85. The molecule has 184 valence electrons. The average molecular weight is 493 g/mol. The number of anilines is 1. The number of hydrogen-bond acceptors (Lipinski definition) is 5. The number of fused-ring (bicyclic) bond motifs is 1. The van der Waals surface area contributed by atoms with Crippen molar-refractivity contribution in [3.8, 4) is 0 Å². The SMILES string of the molecule is Cc1ncc2c(n1)CCC(NC(=O)c1cccc(NS(=O)(=O)c3cc(C(C)(C)C)ccc3C)c1)C2. The Morgan fingerprint density at radius 2 is 1.86 bits per heavy atom. The Labute approximate surface area is 207 Å². The average Bonchev–Trinajstić information content (AvgIpc) is 2.78. The zero-order valence-corrected chi connectivity index (χ0v) is 21.7. The maximum atomic E-state index is 13.2. The van der Waals surface area contributed by atoms with E-state index < -0.39 is 10.0 Å². The molecule has 7 nitrogen and oxygen atoms in total. The Hall–Kier alpha value is -3.26. The van der Waals surface area contributed by atoms with Crippen LogP contribution in [0.5, 0.6) is 0 Å². The summed E-state index contributed by atoms with van der Waals surface area (Å²) < 4.78 is 29.1. The number of aromatic nitrogens is 2. The molecule has 1 atom stereocenters. The number of aryl methyl sites for hydroxylation is 3. The number of carbonyl (C=O) groups excluding carboxylic acids is 1.